The summed E-state index contributed by atoms with van der Waals surface area (Å²) in [6.07, 6.45) is 13.2. The molecule has 0 amide bonds. The zero-order valence-electron chi connectivity index (χ0n) is 27.8. The van der Waals surface area contributed by atoms with Crippen LogP contribution in [-0.2, 0) is 14.3 Å². The predicted octanol–water partition coefficient (Wildman–Crippen LogP) is 9.06. The van der Waals surface area contributed by atoms with Crippen molar-refractivity contribution in [2.24, 2.45) is 56.7 Å². The van der Waals surface area contributed by atoms with E-state index in [-0.39, 0.29) is 45.4 Å². The van der Waals surface area contributed by atoms with Crippen LogP contribution in [-0.4, -0.2) is 28.3 Å². The minimum atomic E-state index is -0.585. The molecule has 0 spiro atoms. The zero-order chi connectivity index (χ0) is 31.9. The number of rotatable bonds is 5. The average Bonchev–Trinajstić information content (AvgIpc) is 3.36. The van der Waals surface area contributed by atoms with Gasteiger partial charge in [0.25, 0.3) is 0 Å². The van der Waals surface area contributed by atoms with Crippen LogP contribution in [0.3, 0.4) is 0 Å². The van der Waals surface area contributed by atoms with E-state index in [0.29, 0.717) is 23.7 Å². The van der Waals surface area contributed by atoms with Gasteiger partial charge in [0, 0.05) is 11.5 Å². The number of hydrogen-bond donors (Lipinski definition) is 2. The number of esters is 1. The van der Waals surface area contributed by atoms with Crippen LogP contribution in [0.2, 0.25) is 0 Å². The molecule has 2 N–H and O–H groups in total. The molecule has 10 atom stereocenters. The van der Waals surface area contributed by atoms with E-state index >= 15 is 0 Å². The maximum absolute atomic E-state index is 13.0. The van der Waals surface area contributed by atoms with Gasteiger partial charge < -0.3 is 14.9 Å². The first kappa shape index (κ1) is 31.4. The van der Waals surface area contributed by atoms with E-state index in [1.165, 1.54) is 11.6 Å². The quantitative estimate of drug-likeness (QED) is 0.200. The Morgan fingerprint density at radius 2 is 1.57 bits per heavy atom. The van der Waals surface area contributed by atoms with E-state index in [0.717, 1.165) is 69.8 Å². The number of phenols is 1. The van der Waals surface area contributed by atoms with Crippen molar-refractivity contribution in [3.63, 3.8) is 0 Å². The Hall–Kier alpha value is -2.56. The van der Waals surface area contributed by atoms with E-state index in [9.17, 15) is 19.8 Å². The molecule has 0 radical (unpaired) electrons. The van der Waals surface area contributed by atoms with Crippen LogP contribution in [0.4, 0.5) is 0 Å². The first-order valence-corrected chi connectivity index (χ1v) is 17.2. The Morgan fingerprint density at radius 1 is 0.864 bits per heavy atom. The standard InChI is InChI=1S/C39H54O5/c1-24(2)27-16-21-39(34(42)43)23-22-37(6)28(33(27)39)13-14-30-36(5)19-18-31(35(3,4)29(36)17-20-38(30,37)7)44-32(41)15-10-25-8-11-26(40)12-9-25/h8-12,15,27-31,33,40H,1,13-14,16-23H2,2-7H3,(H,42,43)/b15-10-/t27?,28?,29?,30?,31-,33?,36-,37+,38+,39-/m0/s1. The van der Waals surface area contributed by atoms with Gasteiger partial charge in [-0.3, -0.25) is 4.79 Å². The number of carboxylic acids is 1. The number of allylic oxidation sites excluding steroid dienone is 1. The van der Waals surface area contributed by atoms with Crippen LogP contribution in [0, 0.1) is 56.7 Å². The van der Waals surface area contributed by atoms with Crippen LogP contribution in [0.5, 0.6) is 5.75 Å². The van der Waals surface area contributed by atoms with Crippen molar-refractivity contribution >= 4 is 18.0 Å². The summed E-state index contributed by atoms with van der Waals surface area (Å²) in [7, 11) is 0. The lowest BCUT2D eigenvalue weighted by atomic mass is 9.32. The molecule has 0 aliphatic heterocycles. The SMILES string of the molecule is C=C(C)C1CC[C@]2(C(=O)O)CC[C@]3(C)C(CCC4[C@@]5(C)CC[C@H](OC(=O)/C=C\c6ccc(O)cc6)C(C)(C)C5CC[C@]43C)C12. The van der Waals surface area contributed by atoms with Gasteiger partial charge in [0.2, 0.25) is 0 Å². The van der Waals surface area contributed by atoms with E-state index in [2.05, 4.69) is 48.1 Å². The lowest BCUT2D eigenvalue weighted by Gasteiger charge is -2.72. The smallest absolute Gasteiger partial charge is 0.331 e. The molecule has 5 fully saturated rings. The molecule has 1 aromatic rings. The third kappa shape index (κ3) is 4.37. The van der Waals surface area contributed by atoms with Crippen molar-refractivity contribution in [1.29, 1.82) is 0 Å². The number of carbonyl (C=O) groups is 2. The molecule has 240 valence electrons. The number of aliphatic carboxylic acids is 1. The molecular formula is C39H54O5. The molecule has 5 aliphatic carbocycles. The number of aromatic hydroxyl groups is 1. The highest BCUT2D eigenvalue weighted by atomic mass is 16.5. The van der Waals surface area contributed by atoms with Gasteiger partial charge in [0.15, 0.2) is 0 Å². The van der Waals surface area contributed by atoms with Gasteiger partial charge >= 0.3 is 11.9 Å². The third-order valence-electron chi connectivity index (χ3n) is 15.0. The lowest BCUT2D eigenvalue weighted by Crippen LogP contribution is -2.67. The van der Waals surface area contributed by atoms with Gasteiger partial charge in [-0.25, -0.2) is 4.79 Å². The summed E-state index contributed by atoms with van der Waals surface area (Å²) in [5.41, 5.74) is 1.71. The van der Waals surface area contributed by atoms with Crippen molar-refractivity contribution in [2.75, 3.05) is 0 Å². The normalized spacial score (nSPS) is 44.1. The van der Waals surface area contributed by atoms with Gasteiger partial charge in [-0.05, 0) is 141 Å². The molecule has 0 saturated heterocycles. The molecule has 44 heavy (non-hydrogen) atoms. The van der Waals surface area contributed by atoms with E-state index in [1.807, 2.05) is 0 Å². The highest BCUT2D eigenvalue weighted by molar-refractivity contribution is 5.87. The van der Waals surface area contributed by atoms with Crippen LogP contribution >= 0.6 is 0 Å². The molecule has 1 aromatic carbocycles. The van der Waals surface area contributed by atoms with Gasteiger partial charge in [0.05, 0.1) is 5.41 Å². The van der Waals surface area contributed by atoms with Gasteiger partial charge in [-0.15, -0.1) is 0 Å². The minimum absolute atomic E-state index is 0.109. The lowest BCUT2D eigenvalue weighted by molar-refractivity contribution is -0.250. The maximum atomic E-state index is 13.0. The van der Waals surface area contributed by atoms with Gasteiger partial charge in [-0.2, -0.15) is 0 Å². The zero-order valence-corrected chi connectivity index (χ0v) is 27.8. The number of ether oxygens (including phenoxy) is 1. The Balaban J connectivity index is 1.24. The molecule has 5 unspecified atom stereocenters. The molecule has 0 heterocycles. The third-order valence-corrected chi connectivity index (χ3v) is 15.0. The summed E-state index contributed by atoms with van der Waals surface area (Å²) >= 11 is 0. The minimum Gasteiger partial charge on any atom is -0.508 e. The molecule has 5 aliphatic rings. The monoisotopic (exact) mass is 602 g/mol. The van der Waals surface area contributed by atoms with Crippen molar-refractivity contribution in [2.45, 2.75) is 112 Å². The second kappa shape index (κ2) is 10.5. The van der Waals surface area contributed by atoms with Gasteiger partial charge in [-0.1, -0.05) is 58.9 Å². The van der Waals surface area contributed by atoms with E-state index in [4.69, 9.17) is 4.74 Å². The van der Waals surface area contributed by atoms with Crippen LogP contribution < -0.4 is 0 Å². The second-order valence-electron chi connectivity index (χ2n) is 16.9. The fourth-order valence-electron chi connectivity index (χ4n) is 12.6. The maximum Gasteiger partial charge on any atom is 0.331 e. The Morgan fingerprint density at radius 3 is 2.23 bits per heavy atom. The summed E-state index contributed by atoms with van der Waals surface area (Å²) in [5, 5.41) is 20.2. The average molecular weight is 603 g/mol. The number of fused-ring (bicyclic) bond motifs is 7. The summed E-state index contributed by atoms with van der Waals surface area (Å²) in [5.74, 6) is 1.29. The molecule has 6 rings (SSSR count). The van der Waals surface area contributed by atoms with Crippen LogP contribution in [0.25, 0.3) is 6.08 Å². The molecule has 5 nitrogen and oxygen atoms in total. The summed E-state index contributed by atoms with van der Waals surface area (Å²) < 4.78 is 6.19. The summed E-state index contributed by atoms with van der Waals surface area (Å²) in [6.45, 7) is 18.8. The number of carboxylic acid groups (broad SMARTS) is 1. The molecule has 0 aromatic heterocycles. The summed E-state index contributed by atoms with van der Waals surface area (Å²) in [6, 6.07) is 6.79. The van der Waals surface area contributed by atoms with Gasteiger partial charge in [0.1, 0.15) is 11.9 Å². The summed E-state index contributed by atoms with van der Waals surface area (Å²) in [4.78, 5) is 25.9. The van der Waals surface area contributed by atoms with Crippen molar-refractivity contribution in [1.82, 2.24) is 0 Å². The van der Waals surface area contributed by atoms with Crippen molar-refractivity contribution < 1.29 is 24.5 Å². The van der Waals surface area contributed by atoms with Crippen molar-refractivity contribution in [3.05, 3.63) is 48.1 Å². The first-order chi connectivity index (χ1) is 20.6. The van der Waals surface area contributed by atoms with Crippen molar-refractivity contribution in [3.8, 4) is 5.75 Å². The molecular weight excluding hydrogens is 548 g/mol. The molecule has 0 bridgehead atoms. The number of carbonyl (C=O) groups excluding carboxylic acids is 1. The van der Waals surface area contributed by atoms with E-state index < -0.39 is 11.4 Å². The fraction of sp³-hybridized carbons (Fsp3) is 0.692. The Labute approximate surface area is 264 Å². The number of benzene rings is 1. The Kier molecular flexibility index (Phi) is 7.49. The predicted molar refractivity (Wildman–Crippen MR) is 174 cm³/mol. The highest BCUT2D eigenvalue weighted by Gasteiger charge is 2.72. The van der Waals surface area contributed by atoms with Crippen LogP contribution in [0.15, 0.2) is 42.5 Å². The topological polar surface area (TPSA) is 83.8 Å². The molecule has 5 heteroatoms. The number of phenolic OH excluding ortho intramolecular Hbond substituents is 1. The molecule has 5 saturated carbocycles. The first-order valence-electron chi connectivity index (χ1n) is 17.2. The highest BCUT2D eigenvalue weighted by Crippen LogP contribution is 2.77. The Bertz CT molecular complexity index is 1360. The number of hydrogen-bond acceptors (Lipinski definition) is 4. The largest absolute Gasteiger partial charge is 0.508 e. The van der Waals surface area contributed by atoms with Crippen LogP contribution in [0.1, 0.15) is 111 Å². The van der Waals surface area contributed by atoms with E-state index in [1.54, 1.807) is 30.3 Å². The fourth-order valence-corrected chi connectivity index (χ4v) is 12.6. The second-order valence-corrected chi connectivity index (χ2v) is 16.9.